The van der Waals surface area contributed by atoms with Crippen LogP contribution in [0.25, 0.3) is 0 Å². The molecular weight excluding hydrogens is 428 g/mol. The summed E-state index contributed by atoms with van der Waals surface area (Å²) in [6.07, 6.45) is 11.4. The number of anilines is 1. The van der Waals surface area contributed by atoms with Crippen molar-refractivity contribution >= 4 is 17.8 Å². The van der Waals surface area contributed by atoms with E-state index in [0.717, 1.165) is 25.0 Å². The first-order valence-corrected chi connectivity index (χ1v) is 12.8. The minimum absolute atomic E-state index is 0.00678. The van der Waals surface area contributed by atoms with E-state index in [4.69, 9.17) is 4.74 Å². The number of nitrogens with zero attached hydrogens (tertiary/aromatic N) is 3. The van der Waals surface area contributed by atoms with E-state index in [1.165, 1.54) is 19.3 Å². The molecule has 1 aliphatic heterocycles. The van der Waals surface area contributed by atoms with Crippen LogP contribution in [0.1, 0.15) is 64.5 Å². The summed E-state index contributed by atoms with van der Waals surface area (Å²) in [5.41, 5.74) is 1.01. The second kappa shape index (κ2) is 8.35. The van der Waals surface area contributed by atoms with E-state index in [0.29, 0.717) is 48.0 Å². The summed E-state index contributed by atoms with van der Waals surface area (Å²) in [4.78, 5) is 35.9. The molecule has 1 N–H and O–H groups in total. The van der Waals surface area contributed by atoms with E-state index in [2.05, 4.69) is 35.2 Å². The number of aryl methyl sites for hydroxylation is 1. The molecule has 1 aromatic heterocycles. The van der Waals surface area contributed by atoms with E-state index in [1.54, 1.807) is 19.3 Å². The zero-order valence-corrected chi connectivity index (χ0v) is 21.1. The Bertz CT molecular complexity index is 1030. The Morgan fingerprint density at radius 3 is 2.74 bits per heavy atom. The van der Waals surface area contributed by atoms with Crippen LogP contribution in [0.5, 0.6) is 5.88 Å². The standard InChI is InChI=1S/C27H38N4O3/c1-16-14-23(34-5)30-25(28-16)29-22(32)15-17-6-8-19-18-7-9-21-27(3,13-11-24(33)31(21)4)20(18)10-12-26(17,19)2/h11,13-14,17-21H,6-10,12,15H2,1-5H3,(H,28,29,30,32)/t17-,18?,19?,20?,21?,26-,27-/m1/s1. The number of methoxy groups -OCH3 is 1. The van der Waals surface area contributed by atoms with Gasteiger partial charge in [-0.25, -0.2) is 4.98 Å². The largest absolute Gasteiger partial charge is 0.481 e. The first kappa shape index (κ1) is 23.3. The fourth-order valence-corrected chi connectivity index (χ4v) is 8.28. The van der Waals surface area contributed by atoms with Crippen molar-refractivity contribution in [2.24, 2.45) is 34.5 Å². The smallest absolute Gasteiger partial charge is 0.246 e. The Morgan fingerprint density at radius 2 is 1.97 bits per heavy atom. The van der Waals surface area contributed by atoms with Gasteiger partial charge in [0.2, 0.25) is 23.6 Å². The molecule has 1 aromatic rings. The van der Waals surface area contributed by atoms with E-state index in [9.17, 15) is 9.59 Å². The monoisotopic (exact) mass is 466 g/mol. The highest BCUT2D eigenvalue weighted by Crippen LogP contribution is 2.65. The normalized spacial score (nSPS) is 38.7. The van der Waals surface area contributed by atoms with Crippen LogP contribution >= 0.6 is 0 Å². The Morgan fingerprint density at radius 1 is 1.18 bits per heavy atom. The van der Waals surface area contributed by atoms with Crippen LogP contribution in [0.2, 0.25) is 0 Å². The fraction of sp³-hybridized carbons (Fsp3) is 0.704. The lowest BCUT2D eigenvalue weighted by atomic mass is 9.47. The van der Waals surface area contributed by atoms with Crippen LogP contribution in [-0.2, 0) is 9.59 Å². The lowest BCUT2D eigenvalue weighted by Crippen LogP contribution is -2.59. The molecule has 184 valence electrons. The van der Waals surface area contributed by atoms with Gasteiger partial charge in [0, 0.05) is 36.7 Å². The van der Waals surface area contributed by atoms with Gasteiger partial charge in [-0.1, -0.05) is 19.9 Å². The highest BCUT2D eigenvalue weighted by Gasteiger charge is 2.60. The van der Waals surface area contributed by atoms with Crippen molar-refractivity contribution in [1.82, 2.24) is 14.9 Å². The Labute approximate surface area is 202 Å². The third-order valence-electron chi connectivity index (χ3n) is 10.0. The van der Waals surface area contributed by atoms with Crippen LogP contribution in [-0.4, -0.2) is 46.9 Å². The summed E-state index contributed by atoms with van der Waals surface area (Å²) < 4.78 is 5.22. The summed E-state index contributed by atoms with van der Waals surface area (Å²) in [7, 11) is 3.54. The van der Waals surface area contributed by atoms with Crippen molar-refractivity contribution in [3.8, 4) is 5.88 Å². The van der Waals surface area contributed by atoms with Gasteiger partial charge in [-0.3, -0.25) is 14.9 Å². The first-order chi connectivity index (χ1) is 16.2. The number of carbonyl (C=O) groups excluding carboxylic acids is 2. The molecule has 0 spiro atoms. The molecule has 2 amide bonds. The van der Waals surface area contributed by atoms with Crippen molar-refractivity contribution in [3.05, 3.63) is 23.9 Å². The third kappa shape index (κ3) is 3.62. The number of rotatable bonds is 4. The molecule has 0 bridgehead atoms. The number of amides is 2. The molecule has 7 heteroatoms. The van der Waals surface area contributed by atoms with Crippen LogP contribution < -0.4 is 10.1 Å². The van der Waals surface area contributed by atoms with Crippen molar-refractivity contribution in [2.45, 2.75) is 71.8 Å². The molecule has 7 atom stereocenters. The van der Waals surface area contributed by atoms with Gasteiger partial charge in [-0.15, -0.1) is 0 Å². The number of ether oxygens (including phenoxy) is 1. The second-order valence-electron chi connectivity index (χ2n) is 11.6. The number of hydrogen-bond donors (Lipinski definition) is 1. The summed E-state index contributed by atoms with van der Waals surface area (Å²) in [6.45, 7) is 6.68. The lowest BCUT2D eigenvalue weighted by molar-refractivity contribution is -0.139. The van der Waals surface area contributed by atoms with Gasteiger partial charge in [-0.05, 0) is 80.6 Å². The highest BCUT2D eigenvalue weighted by atomic mass is 16.5. The van der Waals surface area contributed by atoms with Gasteiger partial charge in [0.15, 0.2) is 0 Å². The van der Waals surface area contributed by atoms with Crippen molar-refractivity contribution in [3.63, 3.8) is 0 Å². The number of hydrogen-bond acceptors (Lipinski definition) is 5. The molecule has 3 fully saturated rings. The molecule has 5 rings (SSSR count). The molecule has 4 aliphatic rings. The third-order valence-corrected chi connectivity index (χ3v) is 10.0. The maximum atomic E-state index is 13.0. The maximum Gasteiger partial charge on any atom is 0.246 e. The van der Waals surface area contributed by atoms with Gasteiger partial charge >= 0.3 is 0 Å². The van der Waals surface area contributed by atoms with Crippen LogP contribution in [0, 0.1) is 41.4 Å². The second-order valence-corrected chi connectivity index (χ2v) is 11.6. The topological polar surface area (TPSA) is 84.4 Å². The molecule has 2 heterocycles. The molecule has 0 saturated heterocycles. The molecule has 34 heavy (non-hydrogen) atoms. The quantitative estimate of drug-likeness (QED) is 0.712. The van der Waals surface area contributed by atoms with Gasteiger partial charge in [-0.2, -0.15) is 4.98 Å². The predicted molar refractivity (Wildman–Crippen MR) is 130 cm³/mol. The number of likely N-dealkylation sites (N-methyl/N-ethyl adjacent to an activating group) is 1. The lowest BCUT2D eigenvalue weighted by Gasteiger charge is -2.60. The zero-order valence-electron chi connectivity index (χ0n) is 21.1. The Hall–Kier alpha value is -2.44. The van der Waals surface area contributed by atoms with Crippen molar-refractivity contribution in [2.75, 3.05) is 19.5 Å². The SMILES string of the molecule is COc1cc(C)nc(NC(=O)C[C@H]2CCC3C4CCC5N(C)C(=O)C=C[C@]5(C)C4CC[C@@]32C)n1. The summed E-state index contributed by atoms with van der Waals surface area (Å²) >= 11 is 0. The summed E-state index contributed by atoms with van der Waals surface area (Å²) in [6, 6.07) is 2.06. The number of carbonyl (C=O) groups is 2. The molecule has 3 aliphatic carbocycles. The molecule has 0 aromatic carbocycles. The molecule has 0 radical (unpaired) electrons. The van der Waals surface area contributed by atoms with E-state index < -0.39 is 0 Å². The number of aromatic nitrogens is 2. The van der Waals surface area contributed by atoms with Gasteiger partial charge in [0.05, 0.1) is 7.11 Å². The van der Waals surface area contributed by atoms with Crippen LogP contribution in [0.3, 0.4) is 0 Å². The maximum absolute atomic E-state index is 13.0. The zero-order chi connectivity index (χ0) is 24.3. The minimum Gasteiger partial charge on any atom is -0.481 e. The van der Waals surface area contributed by atoms with E-state index >= 15 is 0 Å². The van der Waals surface area contributed by atoms with Gasteiger partial charge in [0.25, 0.3) is 0 Å². The average molecular weight is 467 g/mol. The van der Waals surface area contributed by atoms with Crippen LogP contribution in [0.4, 0.5) is 5.95 Å². The predicted octanol–water partition coefficient (Wildman–Crippen LogP) is 4.38. The Balaban J connectivity index is 1.30. The molecular formula is C27H38N4O3. The molecule has 4 unspecified atom stereocenters. The molecule has 7 nitrogen and oxygen atoms in total. The van der Waals surface area contributed by atoms with E-state index in [1.807, 2.05) is 18.9 Å². The number of fused-ring (bicyclic) bond motifs is 5. The van der Waals surface area contributed by atoms with Crippen molar-refractivity contribution in [1.29, 1.82) is 0 Å². The number of nitrogens with one attached hydrogen (secondary N) is 1. The van der Waals surface area contributed by atoms with Crippen LogP contribution in [0.15, 0.2) is 18.2 Å². The Kier molecular flexibility index (Phi) is 5.72. The fourth-order valence-electron chi connectivity index (χ4n) is 8.28. The summed E-state index contributed by atoms with van der Waals surface area (Å²) in [5.74, 6) is 3.22. The van der Waals surface area contributed by atoms with Gasteiger partial charge < -0.3 is 9.64 Å². The average Bonchev–Trinajstić information content (AvgIpc) is 3.12. The van der Waals surface area contributed by atoms with E-state index in [-0.39, 0.29) is 22.6 Å². The van der Waals surface area contributed by atoms with Crippen molar-refractivity contribution < 1.29 is 14.3 Å². The first-order valence-electron chi connectivity index (χ1n) is 12.8. The molecule has 3 saturated carbocycles. The minimum atomic E-state index is -0.00678. The van der Waals surface area contributed by atoms with Gasteiger partial charge in [0.1, 0.15) is 0 Å². The summed E-state index contributed by atoms with van der Waals surface area (Å²) in [5, 5.41) is 2.92. The highest BCUT2D eigenvalue weighted by molar-refractivity contribution is 5.89.